The maximum Gasteiger partial charge on any atom is 0.0292 e. The number of allylic oxidation sites excluding steroid dienone is 6. The van der Waals surface area contributed by atoms with E-state index in [0.29, 0.717) is 5.92 Å². The average Bonchev–Trinajstić information content (AvgIpc) is 2.67. The Labute approximate surface area is 165 Å². The third-order valence-electron chi connectivity index (χ3n) is 7.14. The lowest BCUT2D eigenvalue weighted by Gasteiger charge is -2.38. The van der Waals surface area contributed by atoms with Crippen molar-refractivity contribution in [2.45, 2.75) is 54.3 Å². The van der Waals surface area contributed by atoms with E-state index in [-0.39, 0.29) is 0 Å². The van der Waals surface area contributed by atoms with Crippen molar-refractivity contribution >= 4 is 22.6 Å². The van der Waals surface area contributed by atoms with Gasteiger partial charge in [-0.25, -0.2) is 0 Å². The molecule has 0 aliphatic heterocycles. The van der Waals surface area contributed by atoms with E-state index in [2.05, 4.69) is 77.2 Å². The van der Waals surface area contributed by atoms with Gasteiger partial charge in [0.1, 0.15) is 0 Å². The molecule has 5 rings (SSSR count). The lowest BCUT2D eigenvalue weighted by Crippen LogP contribution is -2.27. The van der Waals surface area contributed by atoms with Crippen molar-refractivity contribution < 1.29 is 0 Å². The maximum absolute atomic E-state index is 2.60. The van der Waals surface area contributed by atoms with Crippen LogP contribution in [0.3, 0.4) is 0 Å². The third-order valence-corrected chi connectivity index (χ3v) is 8.06. The summed E-state index contributed by atoms with van der Waals surface area (Å²) in [4.78, 5) is 0. The first-order valence-corrected chi connectivity index (χ1v) is 11.3. The zero-order valence-corrected chi connectivity index (χ0v) is 16.9. The standard InChI is InChI=1S/C24H27I/c25-22-11-9-18-13-17(6-7-20(18)15-22)19-10-12-24-21(14-19)8-5-16-3-1-2-4-23(16)24/h1-4,9-12,14,16-18,20,22-23H,5-8,13,15H2/t16?,17-,18?,20?,22-,23?/m0/s1. The lowest BCUT2D eigenvalue weighted by atomic mass is 9.67. The Morgan fingerprint density at radius 2 is 1.76 bits per heavy atom. The second-order valence-corrected chi connectivity index (χ2v) is 10.1. The Bertz CT molecular complexity index is 740. The third kappa shape index (κ3) is 3.07. The average molecular weight is 442 g/mol. The van der Waals surface area contributed by atoms with E-state index in [1.165, 1.54) is 38.5 Å². The monoisotopic (exact) mass is 442 g/mol. The molecule has 0 radical (unpaired) electrons. The van der Waals surface area contributed by atoms with Crippen molar-refractivity contribution in [3.8, 4) is 0 Å². The molecule has 1 fully saturated rings. The number of aryl methyl sites for hydroxylation is 1. The van der Waals surface area contributed by atoms with Crippen LogP contribution in [0.2, 0.25) is 0 Å². The van der Waals surface area contributed by atoms with Crippen LogP contribution in [0.25, 0.3) is 0 Å². The fraction of sp³-hybridized carbons (Fsp3) is 0.500. The molecule has 6 atom stereocenters. The van der Waals surface area contributed by atoms with E-state index in [1.54, 1.807) is 16.7 Å². The number of alkyl halides is 1. The quantitative estimate of drug-likeness (QED) is 0.257. The highest BCUT2D eigenvalue weighted by Crippen LogP contribution is 2.46. The Morgan fingerprint density at radius 3 is 2.72 bits per heavy atom. The predicted molar refractivity (Wildman–Crippen MR) is 114 cm³/mol. The van der Waals surface area contributed by atoms with Crippen molar-refractivity contribution in [3.63, 3.8) is 0 Å². The molecule has 0 nitrogen and oxygen atoms in total. The highest BCUT2D eigenvalue weighted by molar-refractivity contribution is 14.1. The molecule has 4 unspecified atom stereocenters. The summed E-state index contributed by atoms with van der Waals surface area (Å²) >= 11 is 2.60. The molecule has 0 saturated heterocycles. The second kappa shape index (κ2) is 6.72. The molecule has 1 heteroatoms. The van der Waals surface area contributed by atoms with Gasteiger partial charge in [0.15, 0.2) is 0 Å². The van der Waals surface area contributed by atoms with E-state index in [9.17, 15) is 0 Å². The summed E-state index contributed by atoms with van der Waals surface area (Å²) in [6.45, 7) is 0. The largest absolute Gasteiger partial charge is 0.0841 e. The van der Waals surface area contributed by atoms with E-state index >= 15 is 0 Å². The fourth-order valence-electron chi connectivity index (χ4n) is 5.74. The predicted octanol–water partition coefficient (Wildman–Crippen LogP) is 6.72. The highest BCUT2D eigenvalue weighted by atomic mass is 127. The smallest absolute Gasteiger partial charge is 0.0292 e. The first-order chi connectivity index (χ1) is 12.3. The van der Waals surface area contributed by atoms with Gasteiger partial charge in [-0.2, -0.15) is 0 Å². The number of hydrogen-bond donors (Lipinski definition) is 0. The maximum atomic E-state index is 2.60. The van der Waals surface area contributed by atoms with Crippen molar-refractivity contribution in [2.75, 3.05) is 0 Å². The molecular weight excluding hydrogens is 415 g/mol. The van der Waals surface area contributed by atoms with Gasteiger partial charge in [0, 0.05) is 9.84 Å². The summed E-state index contributed by atoms with van der Waals surface area (Å²) in [5.41, 5.74) is 4.85. The van der Waals surface area contributed by atoms with Crippen LogP contribution in [0, 0.1) is 17.8 Å². The summed E-state index contributed by atoms with van der Waals surface area (Å²) in [5, 5.41) is 0. The molecule has 25 heavy (non-hydrogen) atoms. The summed E-state index contributed by atoms with van der Waals surface area (Å²) in [6.07, 6.45) is 22.5. The van der Waals surface area contributed by atoms with Crippen LogP contribution in [0.5, 0.6) is 0 Å². The van der Waals surface area contributed by atoms with Crippen LogP contribution in [0.4, 0.5) is 0 Å². The van der Waals surface area contributed by atoms with Gasteiger partial charge in [-0.1, -0.05) is 77.2 Å². The molecule has 0 spiro atoms. The molecular formula is C24H27I. The van der Waals surface area contributed by atoms with E-state index in [4.69, 9.17) is 0 Å². The fourth-order valence-corrected chi connectivity index (χ4v) is 6.63. The highest BCUT2D eigenvalue weighted by Gasteiger charge is 2.33. The van der Waals surface area contributed by atoms with Crippen molar-refractivity contribution in [1.82, 2.24) is 0 Å². The topological polar surface area (TPSA) is 0 Å². The van der Waals surface area contributed by atoms with Gasteiger partial charge < -0.3 is 0 Å². The van der Waals surface area contributed by atoms with Crippen LogP contribution in [-0.4, -0.2) is 3.92 Å². The van der Waals surface area contributed by atoms with Gasteiger partial charge >= 0.3 is 0 Å². The molecule has 0 bridgehead atoms. The number of halogens is 1. The van der Waals surface area contributed by atoms with Crippen LogP contribution in [0.15, 0.2) is 54.7 Å². The minimum Gasteiger partial charge on any atom is -0.0841 e. The summed E-state index contributed by atoms with van der Waals surface area (Å²) in [7, 11) is 0. The molecule has 0 N–H and O–H groups in total. The first-order valence-electron chi connectivity index (χ1n) is 10.1. The molecule has 1 saturated carbocycles. The van der Waals surface area contributed by atoms with Gasteiger partial charge in [0.05, 0.1) is 0 Å². The van der Waals surface area contributed by atoms with Crippen LogP contribution in [0.1, 0.15) is 60.6 Å². The normalized spacial score (nSPS) is 38.8. The SMILES string of the molecule is I[C@H]1C=CC2C[C@@H](c3ccc4c(c3)CCC3C=CC=CC43)CCC2C1. The number of fused-ring (bicyclic) bond motifs is 4. The minimum atomic E-state index is 0.625. The van der Waals surface area contributed by atoms with Crippen LogP contribution < -0.4 is 0 Å². The van der Waals surface area contributed by atoms with Gasteiger partial charge in [0.25, 0.3) is 0 Å². The molecule has 1 aromatic carbocycles. The van der Waals surface area contributed by atoms with Crippen molar-refractivity contribution in [3.05, 3.63) is 71.3 Å². The molecule has 4 aliphatic carbocycles. The lowest BCUT2D eigenvalue weighted by molar-refractivity contribution is 0.240. The summed E-state index contributed by atoms with van der Waals surface area (Å²) in [5.74, 6) is 3.91. The summed E-state index contributed by atoms with van der Waals surface area (Å²) in [6, 6.07) is 7.51. The molecule has 0 heterocycles. The van der Waals surface area contributed by atoms with E-state index in [1.807, 2.05) is 0 Å². The molecule has 1 aromatic rings. The molecule has 0 aromatic heterocycles. The van der Waals surface area contributed by atoms with Crippen LogP contribution in [-0.2, 0) is 6.42 Å². The van der Waals surface area contributed by atoms with Crippen LogP contribution >= 0.6 is 22.6 Å². The number of hydrogen-bond acceptors (Lipinski definition) is 0. The molecule has 4 aliphatic rings. The zero-order chi connectivity index (χ0) is 16.8. The first kappa shape index (κ1) is 16.4. The zero-order valence-electron chi connectivity index (χ0n) is 14.8. The van der Waals surface area contributed by atoms with Gasteiger partial charge in [-0.15, -0.1) is 0 Å². The van der Waals surface area contributed by atoms with E-state index < -0.39 is 0 Å². The summed E-state index contributed by atoms with van der Waals surface area (Å²) < 4.78 is 0.768. The Balaban J connectivity index is 1.38. The minimum absolute atomic E-state index is 0.625. The Kier molecular flexibility index (Phi) is 4.39. The van der Waals surface area contributed by atoms with Gasteiger partial charge in [0.2, 0.25) is 0 Å². The molecule has 0 amide bonds. The van der Waals surface area contributed by atoms with Gasteiger partial charge in [-0.05, 0) is 78.9 Å². The van der Waals surface area contributed by atoms with Gasteiger partial charge in [-0.3, -0.25) is 0 Å². The Hall–Kier alpha value is -0.830. The van der Waals surface area contributed by atoms with E-state index in [0.717, 1.165) is 27.6 Å². The van der Waals surface area contributed by atoms with Crippen molar-refractivity contribution in [1.29, 1.82) is 0 Å². The number of benzene rings is 1. The Morgan fingerprint density at radius 1 is 0.840 bits per heavy atom. The van der Waals surface area contributed by atoms with Crippen molar-refractivity contribution in [2.24, 2.45) is 17.8 Å². The number of rotatable bonds is 1. The second-order valence-electron chi connectivity index (χ2n) is 8.53. The molecule has 130 valence electrons.